The lowest BCUT2D eigenvalue weighted by molar-refractivity contribution is -0.148. The van der Waals surface area contributed by atoms with Crippen molar-refractivity contribution in [1.29, 1.82) is 0 Å². The second kappa shape index (κ2) is 9.74. The zero-order chi connectivity index (χ0) is 28.4. The third-order valence-corrected chi connectivity index (χ3v) is 8.98. The maximum Gasteiger partial charge on any atom is 0.255 e. The number of phenols is 1. The molecule has 4 atom stereocenters. The van der Waals surface area contributed by atoms with Crippen molar-refractivity contribution in [2.45, 2.75) is 49.9 Å². The third kappa shape index (κ3) is 4.15. The Morgan fingerprint density at radius 1 is 1.18 bits per heavy atom. The lowest BCUT2D eigenvalue weighted by atomic mass is 9.58. The number of benzene rings is 1. The van der Waals surface area contributed by atoms with Gasteiger partial charge in [-0.05, 0) is 71.4 Å². The number of hydrogen-bond donors (Lipinski definition) is 6. The van der Waals surface area contributed by atoms with Gasteiger partial charge in [-0.2, -0.15) is 0 Å². The molecule has 11 heteroatoms. The van der Waals surface area contributed by atoms with E-state index in [0.29, 0.717) is 23.7 Å². The summed E-state index contributed by atoms with van der Waals surface area (Å²) in [6.45, 7) is 2.31. The Morgan fingerprint density at radius 2 is 1.85 bits per heavy atom. The minimum absolute atomic E-state index is 0.0402. The molecule has 0 aromatic heterocycles. The zero-order valence-corrected chi connectivity index (χ0v) is 22.4. The van der Waals surface area contributed by atoms with E-state index in [1.54, 1.807) is 26.2 Å². The van der Waals surface area contributed by atoms with Crippen LogP contribution in [0.2, 0.25) is 0 Å². The van der Waals surface area contributed by atoms with E-state index >= 15 is 0 Å². The van der Waals surface area contributed by atoms with E-state index in [2.05, 4.69) is 17.3 Å². The predicted octanol–water partition coefficient (Wildman–Crippen LogP) is 0.304. The molecule has 1 aromatic carbocycles. The summed E-state index contributed by atoms with van der Waals surface area (Å²) in [5.41, 5.74) is 2.97. The van der Waals surface area contributed by atoms with Crippen molar-refractivity contribution in [2.75, 3.05) is 34.2 Å². The number of phenolic OH excluding ortho intramolecular Hbond substituents is 1. The zero-order valence-electron chi connectivity index (χ0n) is 22.4. The lowest BCUT2D eigenvalue weighted by Gasteiger charge is -2.50. The number of nitrogens with zero attached hydrogens (tertiary/aromatic N) is 2. The first-order valence-electron chi connectivity index (χ1n) is 13.3. The summed E-state index contributed by atoms with van der Waals surface area (Å²) in [6.07, 6.45) is 2.31. The van der Waals surface area contributed by atoms with Gasteiger partial charge in [-0.15, -0.1) is 0 Å². The Bertz CT molecular complexity index is 1310. The van der Waals surface area contributed by atoms with Gasteiger partial charge in [0.25, 0.3) is 5.91 Å². The number of hydrogen-bond acceptors (Lipinski definition) is 10. The molecular formula is C28H36N4O7. The van der Waals surface area contributed by atoms with E-state index in [-0.39, 0.29) is 29.7 Å². The summed E-state index contributed by atoms with van der Waals surface area (Å²) in [7, 11) is 5.28. The molecule has 0 bridgehead atoms. The number of nitrogens with one attached hydrogen (secondary N) is 1. The Hall–Kier alpha value is -3.25. The highest BCUT2D eigenvalue weighted by atomic mass is 16.3. The van der Waals surface area contributed by atoms with Crippen LogP contribution in [-0.2, 0) is 22.6 Å². The number of piperidine rings is 1. The number of aromatic hydroxyl groups is 1. The molecule has 11 nitrogen and oxygen atoms in total. The van der Waals surface area contributed by atoms with Crippen LogP contribution in [0.4, 0.5) is 0 Å². The van der Waals surface area contributed by atoms with E-state index in [9.17, 15) is 34.8 Å². The number of likely N-dealkylation sites (tertiary alicyclic amines) is 1. The monoisotopic (exact) mass is 540 g/mol. The molecule has 210 valence electrons. The average molecular weight is 541 g/mol. The number of primary amides is 1. The maximum atomic E-state index is 13.8. The summed E-state index contributed by atoms with van der Waals surface area (Å²) in [6, 6.07) is 2.87. The van der Waals surface area contributed by atoms with Gasteiger partial charge in [0, 0.05) is 29.6 Å². The van der Waals surface area contributed by atoms with E-state index in [1.807, 2.05) is 0 Å². The van der Waals surface area contributed by atoms with Crippen LogP contribution in [0.1, 0.15) is 40.7 Å². The van der Waals surface area contributed by atoms with Gasteiger partial charge >= 0.3 is 0 Å². The van der Waals surface area contributed by atoms with Gasteiger partial charge in [0.05, 0.1) is 11.6 Å². The topological polar surface area (TPSA) is 177 Å². The number of rotatable bonds is 5. The second-order valence-electron chi connectivity index (χ2n) is 11.5. The maximum absolute atomic E-state index is 13.8. The lowest BCUT2D eigenvalue weighted by Crippen LogP contribution is -2.63. The van der Waals surface area contributed by atoms with Crippen LogP contribution in [0.5, 0.6) is 5.75 Å². The Balaban J connectivity index is 1.52. The molecule has 0 spiro atoms. The fraction of sp³-hybridized carbons (Fsp3) is 0.536. The second-order valence-corrected chi connectivity index (χ2v) is 11.5. The summed E-state index contributed by atoms with van der Waals surface area (Å²) in [5.74, 6) is -6.37. The fourth-order valence-electron chi connectivity index (χ4n) is 6.88. The minimum atomic E-state index is -2.63. The Morgan fingerprint density at radius 3 is 2.46 bits per heavy atom. The van der Waals surface area contributed by atoms with E-state index in [1.165, 1.54) is 4.90 Å². The number of carbonyl (C=O) groups excluding carboxylic acids is 3. The van der Waals surface area contributed by atoms with Gasteiger partial charge in [-0.3, -0.25) is 19.3 Å². The molecule has 1 aliphatic heterocycles. The normalized spacial score (nSPS) is 29.9. The SMILES string of the molecule is CN1CCC(NCc2ccc3c(c2O)C(=O)C2=C(O)[C@]4(O)C(=O)C(C(N)=O)=C(O)[C@@H](N(C)C)[C@@H]4C[C@@H]2C3)CC1. The van der Waals surface area contributed by atoms with Crippen LogP contribution >= 0.6 is 0 Å². The highest BCUT2D eigenvalue weighted by Crippen LogP contribution is 2.52. The number of nitrogens with two attached hydrogens (primary N) is 1. The molecule has 5 rings (SSSR count). The Labute approximate surface area is 226 Å². The highest BCUT2D eigenvalue weighted by Gasteiger charge is 2.63. The van der Waals surface area contributed by atoms with Crippen LogP contribution in [0.15, 0.2) is 34.8 Å². The molecular weight excluding hydrogens is 504 g/mol. The number of allylic oxidation sites excluding steroid dienone is 1. The van der Waals surface area contributed by atoms with Crippen LogP contribution in [0.3, 0.4) is 0 Å². The Kier molecular flexibility index (Phi) is 6.82. The number of aliphatic hydroxyl groups excluding tert-OH is 2. The largest absolute Gasteiger partial charge is 0.510 e. The van der Waals surface area contributed by atoms with Gasteiger partial charge in [0.2, 0.25) is 5.78 Å². The molecule has 1 aromatic rings. The number of fused-ring (bicyclic) bond motifs is 3. The summed E-state index contributed by atoms with van der Waals surface area (Å²) < 4.78 is 0. The van der Waals surface area contributed by atoms with E-state index in [4.69, 9.17) is 5.73 Å². The molecule has 1 amide bonds. The van der Waals surface area contributed by atoms with Gasteiger partial charge < -0.3 is 36.4 Å². The van der Waals surface area contributed by atoms with Crippen molar-refractivity contribution < 1.29 is 34.8 Å². The first kappa shape index (κ1) is 27.3. The van der Waals surface area contributed by atoms with Crippen molar-refractivity contribution in [3.8, 4) is 5.75 Å². The summed E-state index contributed by atoms with van der Waals surface area (Å²) in [4.78, 5) is 43.1. The molecule has 0 unspecified atom stereocenters. The quantitative estimate of drug-likeness (QED) is 0.285. The molecule has 3 aliphatic carbocycles. The van der Waals surface area contributed by atoms with Crippen LogP contribution in [0.25, 0.3) is 0 Å². The smallest absolute Gasteiger partial charge is 0.255 e. The van der Waals surface area contributed by atoms with Crippen molar-refractivity contribution in [2.24, 2.45) is 17.6 Å². The van der Waals surface area contributed by atoms with Gasteiger partial charge in [0.1, 0.15) is 22.8 Å². The summed E-state index contributed by atoms with van der Waals surface area (Å²) in [5, 5.41) is 48.5. The van der Waals surface area contributed by atoms with Gasteiger partial charge in [-0.25, -0.2) is 0 Å². The fourth-order valence-corrected chi connectivity index (χ4v) is 6.88. The molecule has 1 heterocycles. The molecule has 0 saturated carbocycles. The molecule has 7 N–H and O–H groups in total. The summed E-state index contributed by atoms with van der Waals surface area (Å²) >= 11 is 0. The number of ketones is 2. The molecule has 4 aliphatic rings. The van der Waals surface area contributed by atoms with Gasteiger partial charge in [0.15, 0.2) is 11.4 Å². The average Bonchev–Trinajstić information content (AvgIpc) is 2.86. The van der Waals surface area contributed by atoms with E-state index in [0.717, 1.165) is 25.9 Å². The molecule has 39 heavy (non-hydrogen) atoms. The minimum Gasteiger partial charge on any atom is -0.510 e. The molecule has 1 fully saturated rings. The van der Waals surface area contributed by atoms with Crippen molar-refractivity contribution in [1.82, 2.24) is 15.1 Å². The highest BCUT2D eigenvalue weighted by molar-refractivity contribution is 6.24. The number of Topliss-reactive ketones (excluding diaryl/α,β-unsaturated/α-hetero) is 2. The van der Waals surface area contributed by atoms with Crippen LogP contribution < -0.4 is 11.1 Å². The number of carbonyl (C=O) groups is 3. The first-order chi connectivity index (χ1) is 18.4. The predicted molar refractivity (Wildman–Crippen MR) is 141 cm³/mol. The third-order valence-electron chi connectivity index (χ3n) is 8.98. The number of aliphatic hydroxyl groups is 3. The molecule has 1 saturated heterocycles. The van der Waals surface area contributed by atoms with Crippen LogP contribution in [-0.4, -0.2) is 99.6 Å². The van der Waals surface area contributed by atoms with E-state index < -0.39 is 58.0 Å². The van der Waals surface area contributed by atoms with Gasteiger partial charge in [-0.1, -0.05) is 12.1 Å². The van der Waals surface area contributed by atoms with Crippen molar-refractivity contribution in [3.63, 3.8) is 0 Å². The number of amides is 1. The molecule has 0 radical (unpaired) electrons. The number of likely N-dealkylation sites (N-methyl/N-ethyl adjacent to an activating group) is 1. The van der Waals surface area contributed by atoms with Crippen LogP contribution in [0, 0.1) is 11.8 Å². The first-order valence-corrected chi connectivity index (χ1v) is 13.3. The van der Waals surface area contributed by atoms with Crippen molar-refractivity contribution in [3.05, 3.63) is 51.5 Å². The van der Waals surface area contributed by atoms with Crippen molar-refractivity contribution >= 4 is 17.5 Å². The standard InChI is InChI=1S/C28H36N4O7/c1-31(2)21-17-11-15-10-13-4-5-14(12-30-16-6-8-32(3)9-7-16)22(33)18(13)23(34)19(15)25(36)28(17,39)26(37)20(24(21)35)27(29)38/h4-5,15-17,21,30,33,35-36,39H,6-12H2,1-3H3,(H2,29,38)/t15-,17-,21-,28-/m0/s1.